The molecule has 2 aromatic rings. The number of H-pyrrole nitrogens is 1. The molecule has 2 N–H and O–H groups in total. The number of rotatable bonds is 3. The Balaban J connectivity index is 1.82. The van der Waals surface area contributed by atoms with Crippen molar-refractivity contribution in [3.63, 3.8) is 0 Å². The number of allylic oxidation sites excluding steroid dienone is 4. The highest BCUT2D eigenvalue weighted by Crippen LogP contribution is 2.42. The molecule has 1 aromatic carbocycles. The third-order valence-corrected chi connectivity index (χ3v) is 4.52. The monoisotopic (exact) mass is 324 g/mol. The molecular weight excluding hydrogens is 307 g/mol. The van der Waals surface area contributed by atoms with Gasteiger partial charge in [-0.15, -0.1) is 0 Å². The van der Waals surface area contributed by atoms with Crippen LogP contribution in [0.4, 0.5) is 15.9 Å². The second kappa shape index (κ2) is 5.33. The minimum Gasteiger partial charge on any atom is -0.378 e. The average molecular weight is 324 g/mol. The molecule has 0 spiro atoms. The highest BCUT2D eigenvalue weighted by atomic mass is 19.1. The summed E-state index contributed by atoms with van der Waals surface area (Å²) in [6.45, 7) is 0. The molecule has 0 saturated heterocycles. The highest BCUT2D eigenvalue weighted by Gasteiger charge is 2.34. The normalized spacial score (nSPS) is 18.5. The first kappa shape index (κ1) is 14.7. The molecule has 0 bridgehead atoms. The molecule has 122 valence electrons. The van der Waals surface area contributed by atoms with E-state index in [1.54, 1.807) is 6.07 Å². The van der Waals surface area contributed by atoms with Crippen LogP contribution < -0.4 is 10.2 Å². The number of hydrogen-bond donors (Lipinski definition) is 2. The third-order valence-electron chi connectivity index (χ3n) is 4.52. The zero-order chi connectivity index (χ0) is 16.8. The van der Waals surface area contributed by atoms with Crippen molar-refractivity contribution in [3.05, 3.63) is 59.1 Å². The van der Waals surface area contributed by atoms with Gasteiger partial charge in [0.05, 0.1) is 5.69 Å². The summed E-state index contributed by atoms with van der Waals surface area (Å²) in [7, 11) is 3.73. The van der Waals surface area contributed by atoms with Crippen molar-refractivity contribution in [2.75, 3.05) is 24.3 Å². The Morgan fingerprint density at radius 3 is 2.75 bits per heavy atom. The van der Waals surface area contributed by atoms with E-state index in [1.807, 2.05) is 43.3 Å². The fourth-order valence-electron chi connectivity index (χ4n) is 3.18. The van der Waals surface area contributed by atoms with Gasteiger partial charge in [0.1, 0.15) is 5.82 Å². The molecule has 1 aliphatic heterocycles. The first-order valence-corrected chi connectivity index (χ1v) is 7.78. The van der Waals surface area contributed by atoms with Crippen LogP contribution in [0.25, 0.3) is 5.57 Å². The average Bonchev–Trinajstić information content (AvgIpc) is 2.88. The molecule has 0 fully saturated rings. The maximum atomic E-state index is 14.7. The van der Waals surface area contributed by atoms with Crippen molar-refractivity contribution in [3.8, 4) is 0 Å². The molecule has 2 heterocycles. The fourth-order valence-corrected chi connectivity index (χ4v) is 3.18. The molecule has 1 aromatic heterocycles. The minimum atomic E-state index is -0.353. The van der Waals surface area contributed by atoms with Gasteiger partial charge >= 0.3 is 0 Å². The molecule has 1 amide bonds. The van der Waals surface area contributed by atoms with Gasteiger partial charge in [-0.25, -0.2) is 4.39 Å². The number of carbonyl (C=O) groups is 1. The quantitative estimate of drug-likeness (QED) is 0.912. The van der Waals surface area contributed by atoms with Crippen molar-refractivity contribution in [1.82, 2.24) is 10.2 Å². The summed E-state index contributed by atoms with van der Waals surface area (Å²) in [5.74, 6) is -0.325. The second-order valence-corrected chi connectivity index (χ2v) is 6.25. The smallest absolute Gasteiger partial charge is 0.226 e. The molecule has 2 aliphatic rings. The molecule has 0 radical (unpaired) electrons. The van der Waals surface area contributed by atoms with Crippen LogP contribution in [-0.4, -0.2) is 30.2 Å². The zero-order valence-electron chi connectivity index (χ0n) is 13.4. The van der Waals surface area contributed by atoms with Crippen LogP contribution in [0, 0.1) is 5.82 Å². The summed E-state index contributed by atoms with van der Waals surface area (Å²) in [6, 6.07) is 5.14. The lowest BCUT2D eigenvalue weighted by atomic mass is 9.83. The SMILES string of the molecule is CN(C)c1ccc(C2CC(=O)Nc3n[nH]c(C4=CC=C4)c32)c(F)c1. The van der Waals surface area contributed by atoms with E-state index in [1.165, 1.54) is 6.07 Å². The van der Waals surface area contributed by atoms with Gasteiger partial charge in [-0.05, 0) is 23.3 Å². The van der Waals surface area contributed by atoms with Crippen molar-refractivity contribution in [1.29, 1.82) is 0 Å². The van der Waals surface area contributed by atoms with Crippen LogP contribution in [0.1, 0.15) is 29.2 Å². The van der Waals surface area contributed by atoms with E-state index >= 15 is 0 Å². The minimum absolute atomic E-state index is 0.153. The molecule has 6 heteroatoms. The van der Waals surface area contributed by atoms with Gasteiger partial charge in [-0.1, -0.05) is 24.3 Å². The number of nitrogens with zero attached hydrogens (tertiary/aromatic N) is 2. The Kier molecular flexibility index (Phi) is 3.26. The number of aromatic nitrogens is 2. The van der Waals surface area contributed by atoms with Gasteiger partial charge in [0.25, 0.3) is 0 Å². The number of halogens is 1. The summed E-state index contributed by atoms with van der Waals surface area (Å²) < 4.78 is 14.7. The molecule has 1 aliphatic carbocycles. The van der Waals surface area contributed by atoms with Crippen LogP contribution in [0.15, 0.2) is 36.4 Å². The Labute approximate surface area is 138 Å². The zero-order valence-corrected chi connectivity index (χ0v) is 13.4. The van der Waals surface area contributed by atoms with Crippen molar-refractivity contribution in [2.45, 2.75) is 12.3 Å². The van der Waals surface area contributed by atoms with Crippen LogP contribution in [0.3, 0.4) is 0 Å². The van der Waals surface area contributed by atoms with E-state index in [0.29, 0.717) is 11.4 Å². The maximum absolute atomic E-state index is 14.7. The molecule has 0 saturated carbocycles. The Hall–Kier alpha value is -2.89. The summed E-state index contributed by atoms with van der Waals surface area (Å²) in [6.07, 6.45) is 6.07. The molecule has 4 rings (SSSR count). The van der Waals surface area contributed by atoms with Crippen molar-refractivity contribution >= 4 is 23.0 Å². The first-order valence-electron chi connectivity index (χ1n) is 7.78. The standard InChI is InChI=1S/C18H17FN4O/c1-23(2)11-6-7-12(14(19)8-11)13-9-15(24)20-18-16(13)17(21-22-18)10-4-3-5-10/h3-8,13H,9H2,1-2H3,(H2,20,21,22,24). The fraction of sp³-hybridized carbons (Fsp3) is 0.222. The summed E-state index contributed by atoms with van der Waals surface area (Å²) in [4.78, 5) is 13.9. The first-order chi connectivity index (χ1) is 11.5. The van der Waals surface area contributed by atoms with Crippen LogP contribution in [-0.2, 0) is 4.79 Å². The maximum Gasteiger partial charge on any atom is 0.226 e. The molecule has 5 nitrogen and oxygen atoms in total. The lowest BCUT2D eigenvalue weighted by Crippen LogP contribution is -2.24. The molecule has 24 heavy (non-hydrogen) atoms. The molecule has 1 unspecified atom stereocenters. The van der Waals surface area contributed by atoms with Crippen molar-refractivity contribution < 1.29 is 9.18 Å². The van der Waals surface area contributed by atoms with Gasteiger partial charge in [-0.3, -0.25) is 9.89 Å². The number of hydrogen-bond acceptors (Lipinski definition) is 3. The molecular formula is C18H17FN4O. The summed E-state index contributed by atoms with van der Waals surface area (Å²) in [5.41, 5.74) is 4.00. The van der Waals surface area contributed by atoms with E-state index in [4.69, 9.17) is 0 Å². The highest BCUT2D eigenvalue weighted by molar-refractivity contribution is 5.96. The number of anilines is 2. The van der Waals surface area contributed by atoms with Crippen molar-refractivity contribution in [2.24, 2.45) is 0 Å². The van der Waals surface area contributed by atoms with Crippen LogP contribution >= 0.6 is 0 Å². The lowest BCUT2D eigenvalue weighted by Gasteiger charge is -2.25. The summed E-state index contributed by atoms with van der Waals surface area (Å²) in [5, 5.41) is 9.94. The number of amides is 1. The Morgan fingerprint density at radius 1 is 1.33 bits per heavy atom. The van der Waals surface area contributed by atoms with Gasteiger partial charge in [0.2, 0.25) is 5.91 Å². The largest absolute Gasteiger partial charge is 0.378 e. The predicted molar refractivity (Wildman–Crippen MR) is 91.5 cm³/mol. The van der Waals surface area contributed by atoms with E-state index in [9.17, 15) is 9.18 Å². The Bertz CT molecular complexity index is 894. The van der Waals surface area contributed by atoms with Gasteiger partial charge < -0.3 is 10.2 Å². The Morgan fingerprint density at radius 2 is 2.12 bits per heavy atom. The van der Waals surface area contributed by atoms with Crippen LogP contribution in [0.2, 0.25) is 0 Å². The summed E-state index contributed by atoms with van der Waals surface area (Å²) >= 11 is 0. The number of carbonyl (C=O) groups excluding carboxylic acids is 1. The van der Waals surface area contributed by atoms with E-state index in [0.717, 1.165) is 22.5 Å². The second-order valence-electron chi connectivity index (χ2n) is 6.25. The topological polar surface area (TPSA) is 61.0 Å². The molecule has 1 atom stereocenters. The number of fused-ring (bicyclic) bond motifs is 1. The van der Waals surface area contributed by atoms with E-state index in [2.05, 4.69) is 15.5 Å². The number of aromatic amines is 1. The number of nitrogens with one attached hydrogen (secondary N) is 2. The predicted octanol–water partition coefficient (Wildman–Crippen LogP) is 3.04. The number of benzene rings is 1. The van der Waals surface area contributed by atoms with E-state index < -0.39 is 0 Å². The lowest BCUT2D eigenvalue weighted by molar-refractivity contribution is -0.116. The van der Waals surface area contributed by atoms with Gasteiger partial charge in [-0.2, -0.15) is 5.10 Å². The van der Waals surface area contributed by atoms with E-state index in [-0.39, 0.29) is 24.1 Å². The third kappa shape index (κ3) is 2.22. The van der Waals surface area contributed by atoms with Gasteiger partial charge in [0, 0.05) is 37.7 Å². The van der Waals surface area contributed by atoms with Crippen LogP contribution in [0.5, 0.6) is 0 Å². The van der Waals surface area contributed by atoms with Gasteiger partial charge in [0.15, 0.2) is 5.82 Å².